The summed E-state index contributed by atoms with van der Waals surface area (Å²) in [4.78, 5) is 29.4. The van der Waals surface area contributed by atoms with Gasteiger partial charge in [0, 0.05) is 22.3 Å². The normalized spacial score (nSPS) is 10.5. The number of aromatic nitrogens is 1. The fraction of sp³-hybridized carbons (Fsp3) is 0.150. The fourth-order valence-electron chi connectivity index (χ4n) is 2.49. The number of rotatable bonds is 6. The first-order valence-corrected chi connectivity index (χ1v) is 9.33. The molecule has 3 rings (SSSR count). The summed E-state index contributed by atoms with van der Waals surface area (Å²) in [5.74, 6) is -0.481. The third-order valence-electron chi connectivity index (χ3n) is 3.76. The Morgan fingerprint density at radius 1 is 1.12 bits per heavy atom. The van der Waals surface area contributed by atoms with E-state index in [1.54, 1.807) is 48.8 Å². The number of carbonyl (C=O) groups is 2. The topological polar surface area (TPSA) is 56.3 Å². The maximum Gasteiger partial charge on any atom is 0.310 e. The van der Waals surface area contributed by atoms with E-state index in [4.69, 9.17) is 16.3 Å². The Morgan fingerprint density at radius 2 is 1.88 bits per heavy atom. The van der Waals surface area contributed by atoms with Gasteiger partial charge in [-0.05, 0) is 48.2 Å². The molecule has 0 aliphatic rings. The zero-order chi connectivity index (χ0) is 18.5. The van der Waals surface area contributed by atoms with E-state index in [2.05, 4.69) is 4.98 Å². The number of hydrogen-bond acceptors (Lipinski definition) is 5. The summed E-state index contributed by atoms with van der Waals surface area (Å²) >= 11 is 7.21. The van der Waals surface area contributed by atoms with Crippen LogP contribution in [0.2, 0.25) is 5.02 Å². The highest BCUT2D eigenvalue weighted by Crippen LogP contribution is 2.24. The van der Waals surface area contributed by atoms with Crippen LogP contribution in [0.1, 0.15) is 27.7 Å². The second-order valence-electron chi connectivity index (χ2n) is 5.52. The summed E-state index contributed by atoms with van der Waals surface area (Å²) in [6.45, 7) is 2.08. The molecule has 0 bridgehead atoms. The van der Waals surface area contributed by atoms with Crippen LogP contribution in [0, 0.1) is 0 Å². The minimum atomic E-state index is -0.337. The molecule has 3 aromatic rings. The molecule has 1 aromatic carbocycles. The molecule has 0 radical (unpaired) electrons. The van der Waals surface area contributed by atoms with Gasteiger partial charge in [0.25, 0.3) is 0 Å². The van der Waals surface area contributed by atoms with Crippen molar-refractivity contribution in [3.63, 3.8) is 0 Å². The summed E-state index contributed by atoms with van der Waals surface area (Å²) < 4.78 is 4.96. The molecule has 0 spiro atoms. The number of nitrogens with zero attached hydrogens (tertiary/aromatic N) is 1. The summed E-state index contributed by atoms with van der Waals surface area (Å²) in [7, 11) is 0. The van der Waals surface area contributed by atoms with Gasteiger partial charge in [-0.25, -0.2) is 0 Å². The molecule has 0 saturated heterocycles. The first-order valence-electron chi connectivity index (χ1n) is 8.07. The van der Waals surface area contributed by atoms with Gasteiger partial charge in [0.05, 0.1) is 23.6 Å². The average molecular weight is 386 g/mol. The largest absolute Gasteiger partial charge is 0.466 e. The molecular formula is C20H16ClNO3S. The lowest BCUT2D eigenvalue weighted by Gasteiger charge is -2.05. The van der Waals surface area contributed by atoms with Crippen molar-refractivity contribution in [1.29, 1.82) is 0 Å². The van der Waals surface area contributed by atoms with Crippen molar-refractivity contribution in [2.24, 2.45) is 0 Å². The lowest BCUT2D eigenvalue weighted by Crippen LogP contribution is -2.10. The van der Waals surface area contributed by atoms with E-state index in [1.807, 2.05) is 12.1 Å². The number of ketones is 1. The number of benzene rings is 1. The molecule has 0 aliphatic carbocycles. The average Bonchev–Trinajstić information content (AvgIpc) is 3.10. The van der Waals surface area contributed by atoms with Crippen molar-refractivity contribution in [1.82, 2.24) is 4.98 Å². The molecule has 0 saturated carbocycles. The molecule has 132 valence electrons. The summed E-state index contributed by atoms with van der Waals surface area (Å²) in [6.07, 6.45) is 1.65. The molecule has 2 heterocycles. The maximum atomic E-state index is 12.8. The molecule has 0 atom stereocenters. The second kappa shape index (κ2) is 8.25. The SMILES string of the molecule is CCOC(=O)Cc1ccsc1C(=O)c1ccc(-c2ccc(Cl)cc2)nc1. The smallest absolute Gasteiger partial charge is 0.310 e. The molecule has 26 heavy (non-hydrogen) atoms. The Kier molecular flexibility index (Phi) is 5.81. The number of carbonyl (C=O) groups excluding carboxylic acids is 2. The Labute approximate surface area is 160 Å². The Hall–Kier alpha value is -2.50. The highest BCUT2D eigenvalue weighted by molar-refractivity contribution is 7.12. The predicted molar refractivity (Wildman–Crippen MR) is 103 cm³/mol. The maximum absolute atomic E-state index is 12.8. The van der Waals surface area contributed by atoms with Gasteiger partial charge < -0.3 is 4.74 Å². The molecular weight excluding hydrogens is 370 g/mol. The zero-order valence-corrected chi connectivity index (χ0v) is 15.6. The van der Waals surface area contributed by atoms with Gasteiger partial charge in [-0.3, -0.25) is 14.6 Å². The van der Waals surface area contributed by atoms with Crippen LogP contribution in [-0.4, -0.2) is 23.3 Å². The highest BCUT2D eigenvalue weighted by Gasteiger charge is 2.18. The van der Waals surface area contributed by atoms with Gasteiger partial charge in [0.1, 0.15) is 0 Å². The highest BCUT2D eigenvalue weighted by atomic mass is 35.5. The van der Waals surface area contributed by atoms with Crippen LogP contribution in [0.3, 0.4) is 0 Å². The van der Waals surface area contributed by atoms with Gasteiger partial charge in [0.2, 0.25) is 5.78 Å². The van der Waals surface area contributed by atoms with Crippen LogP contribution in [0.4, 0.5) is 0 Å². The first kappa shape index (κ1) is 18.3. The standard InChI is InChI=1S/C20H16ClNO3S/c1-2-25-18(23)11-14-9-10-26-20(14)19(24)15-5-8-17(22-12-15)13-3-6-16(21)7-4-13/h3-10,12H,2,11H2,1H3. The third-order valence-corrected chi connectivity index (χ3v) is 4.97. The van der Waals surface area contributed by atoms with E-state index in [9.17, 15) is 9.59 Å². The first-order chi connectivity index (χ1) is 12.6. The van der Waals surface area contributed by atoms with E-state index in [-0.39, 0.29) is 18.2 Å². The van der Waals surface area contributed by atoms with Crippen molar-refractivity contribution in [3.05, 3.63) is 75.1 Å². The van der Waals surface area contributed by atoms with Crippen molar-refractivity contribution in [3.8, 4) is 11.3 Å². The second-order valence-corrected chi connectivity index (χ2v) is 6.88. The zero-order valence-electron chi connectivity index (χ0n) is 14.1. The van der Waals surface area contributed by atoms with Crippen LogP contribution in [0.15, 0.2) is 54.0 Å². The van der Waals surface area contributed by atoms with Crippen LogP contribution in [0.25, 0.3) is 11.3 Å². The predicted octanol–water partition coefficient (Wildman–Crippen LogP) is 4.80. The number of pyridine rings is 1. The number of ether oxygens (including phenoxy) is 1. The minimum Gasteiger partial charge on any atom is -0.466 e. The van der Waals surface area contributed by atoms with Crippen LogP contribution in [0.5, 0.6) is 0 Å². The van der Waals surface area contributed by atoms with Crippen molar-refractivity contribution in [2.75, 3.05) is 6.61 Å². The Balaban J connectivity index is 1.80. The van der Waals surface area contributed by atoms with E-state index in [1.165, 1.54) is 11.3 Å². The number of thiophene rings is 1. The van der Waals surface area contributed by atoms with E-state index >= 15 is 0 Å². The quantitative estimate of drug-likeness (QED) is 0.451. The number of hydrogen-bond donors (Lipinski definition) is 0. The van der Waals surface area contributed by atoms with E-state index < -0.39 is 0 Å². The number of halogens is 1. The van der Waals surface area contributed by atoms with Crippen molar-refractivity contribution < 1.29 is 14.3 Å². The molecule has 0 N–H and O–H groups in total. The van der Waals surface area contributed by atoms with E-state index in [0.717, 1.165) is 11.3 Å². The summed E-state index contributed by atoms with van der Waals surface area (Å²) in [5.41, 5.74) is 2.85. The van der Waals surface area contributed by atoms with Gasteiger partial charge in [0.15, 0.2) is 0 Å². The van der Waals surface area contributed by atoms with Gasteiger partial charge in [-0.2, -0.15) is 0 Å². The van der Waals surface area contributed by atoms with Crippen molar-refractivity contribution >= 4 is 34.7 Å². The Morgan fingerprint density at radius 3 is 2.54 bits per heavy atom. The summed E-state index contributed by atoms with van der Waals surface area (Å²) in [6, 6.07) is 12.7. The molecule has 6 heteroatoms. The molecule has 0 amide bonds. The van der Waals surface area contributed by atoms with Crippen molar-refractivity contribution in [2.45, 2.75) is 13.3 Å². The van der Waals surface area contributed by atoms with Crippen LogP contribution < -0.4 is 0 Å². The number of esters is 1. The lowest BCUT2D eigenvalue weighted by molar-refractivity contribution is -0.142. The molecule has 4 nitrogen and oxygen atoms in total. The van der Waals surface area contributed by atoms with Crippen LogP contribution in [-0.2, 0) is 16.0 Å². The van der Waals surface area contributed by atoms with Crippen LogP contribution >= 0.6 is 22.9 Å². The molecule has 2 aromatic heterocycles. The molecule has 0 unspecified atom stereocenters. The van der Waals surface area contributed by atoms with E-state index in [0.29, 0.717) is 27.6 Å². The lowest BCUT2D eigenvalue weighted by atomic mass is 10.1. The summed E-state index contributed by atoms with van der Waals surface area (Å²) in [5, 5.41) is 2.46. The fourth-order valence-corrected chi connectivity index (χ4v) is 3.50. The molecule has 0 fully saturated rings. The monoisotopic (exact) mass is 385 g/mol. The van der Waals surface area contributed by atoms with Gasteiger partial charge >= 0.3 is 5.97 Å². The molecule has 0 aliphatic heterocycles. The van der Waals surface area contributed by atoms with Gasteiger partial charge in [-0.15, -0.1) is 11.3 Å². The van der Waals surface area contributed by atoms with Gasteiger partial charge in [-0.1, -0.05) is 23.7 Å². The minimum absolute atomic E-state index is 0.0920. The third kappa shape index (κ3) is 4.18. The Bertz CT molecular complexity index is 917.